The van der Waals surface area contributed by atoms with E-state index in [1.807, 2.05) is 48.5 Å². The molecule has 0 aliphatic heterocycles. The van der Waals surface area contributed by atoms with Crippen LogP contribution in [0.15, 0.2) is 48.5 Å². The zero-order valence-corrected chi connectivity index (χ0v) is 16.1. The van der Waals surface area contributed by atoms with E-state index in [9.17, 15) is 4.79 Å². The van der Waals surface area contributed by atoms with Gasteiger partial charge in [0.2, 0.25) is 5.91 Å². The molecule has 2 aromatic carbocycles. The molecule has 0 unspecified atom stereocenters. The van der Waals surface area contributed by atoms with Gasteiger partial charge in [-0.2, -0.15) is 0 Å². The van der Waals surface area contributed by atoms with Crippen molar-refractivity contribution in [2.45, 2.75) is 25.3 Å². The van der Waals surface area contributed by atoms with E-state index in [1.54, 1.807) is 14.2 Å². The molecule has 0 fully saturated rings. The average Bonchev–Trinajstić information content (AvgIpc) is 2.65. The SMILES string of the molecule is COc1ccc(CCCNC(=O)[C@@H](N)Cc2ccccc2)cc1OC.Cl. The summed E-state index contributed by atoms with van der Waals surface area (Å²) in [5, 5.41) is 2.90. The van der Waals surface area contributed by atoms with Crippen molar-refractivity contribution >= 4 is 18.3 Å². The molecule has 0 saturated heterocycles. The molecule has 26 heavy (non-hydrogen) atoms. The Bertz CT molecular complexity index is 680. The van der Waals surface area contributed by atoms with Crippen LogP contribution < -0.4 is 20.5 Å². The Morgan fingerprint density at radius 3 is 2.38 bits per heavy atom. The van der Waals surface area contributed by atoms with Gasteiger partial charge in [-0.1, -0.05) is 36.4 Å². The molecular weight excluding hydrogens is 352 g/mol. The Morgan fingerprint density at radius 1 is 1.04 bits per heavy atom. The lowest BCUT2D eigenvalue weighted by Crippen LogP contribution is -2.42. The fourth-order valence-corrected chi connectivity index (χ4v) is 2.63. The third-order valence-corrected chi connectivity index (χ3v) is 4.02. The van der Waals surface area contributed by atoms with E-state index >= 15 is 0 Å². The van der Waals surface area contributed by atoms with E-state index < -0.39 is 6.04 Å². The zero-order chi connectivity index (χ0) is 18.1. The van der Waals surface area contributed by atoms with Crippen molar-refractivity contribution in [3.8, 4) is 11.5 Å². The van der Waals surface area contributed by atoms with E-state index in [-0.39, 0.29) is 18.3 Å². The Morgan fingerprint density at radius 2 is 1.73 bits per heavy atom. The predicted octanol–water partition coefficient (Wildman–Crippen LogP) is 2.74. The minimum absolute atomic E-state index is 0. The summed E-state index contributed by atoms with van der Waals surface area (Å²) in [4.78, 5) is 12.1. The van der Waals surface area contributed by atoms with Crippen molar-refractivity contribution in [2.75, 3.05) is 20.8 Å². The van der Waals surface area contributed by atoms with Crippen LogP contribution >= 0.6 is 12.4 Å². The third kappa shape index (κ3) is 6.58. The largest absolute Gasteiger partial charge is 0.493 e. The normalized spacial score (nSPS) is 11.2. The number of benzene rings is 2. The average molecular weight is 379 g/mol. The first-order valence-electron chi connectivity index (χ1n) is 8.42. The summed E-state index contributed by atoms with van der Waals surface area (Å²) in [5.74, 6) is 1.32. The Hall–Kier alpha value is -2.24. The molecule has 0 spiro atoms. The standard InChI is InChI=1S/C20H26N2O3.ClH/c1-24-18-11-10-16(14-19(18)25-2)9-6-12-22-20(23)17(21)13-15-7-4-3-5-8-15;/h3-5,7-8,10-11,14,17H,6,9,12-13,21H2,1-2H3,(H,22,23);1H/t17-;/m0./s1. The second-order valence-electron chi connectivity index (χ2n) is 5.88. The highest BCUT2D eigenvalue weighted by molar-refractivity contribution is 5.85. The van der Waals surface area contributed by atoms with Crippen molar-refractivity contribution in [3.63, 3.8) is 0 Å². The zero-order valence-electron chi connectivity index (χ0n) is 15.2. The van der Waals surface area contributed by atoms with Crippen molar-refractivity contribution in [1.82, 2.24) is 5.32 Å². The monoisotopic (exact) mass is 378 g/mol. The van der Waals surface area contributed by atoms with Crippen LogP contribution in [-0.4, -0.2) is 32.7 Å². The first-order chi connectivity index (χ1) is 12.1. The number of nitrogens with two attached hydrogens (primary N) is 1. The molecule has 1 amide bonds. The van der Waals surface area contributed by atoms with Crippen molar-refractivity contribution in [2.24, 2.45) is 5.73 Å². The van der Waals surface area contributed by atoms with Gasteiger partial charge in [-0.15, -0.1) is 12.4 Å². The minimum Gasteiger partial charge on any atom is -0.493 e. The maximum Gasteiger partial charge on any atom is 0.237 e. The summed E-state index contributed by atoms with van der Waals surface area (Å²) in [6, 6.07) is 15.1. The van der Waals surface area contributed by atoms with E-state index in [1.165, 1.54) is 0 Å². The van der Waals surface area contributed by atoms with E-state index in [0.717, 1.165) is 24.0 Å². The number of carbonyl (C=O) groups excluding carboxylic acids is 1. The lowest BCUT2D eigenvalue weighted by atomic mass is 10.1. The number of nitrogens with one attached hydrogen (secondary N) is 1. The lowest BCUT2D eigenvalue weighted by molar-refractivity contribution is -0.122. The number of ether oxygens (including phenoxy) is 2. The fraction of sp³-hybridized carbons (Fsp3) is 0.350. The first-order valence-corrected chi connectivity index (χ1v) is 8.42. The molecule has 0 aliphatic rings. The quantitative estimate of drug-likeness (QED) is 0.658. The number of halogens is 1. The molecule has 2 aromatic rings. The van der Waals surface area contributed by atoms with Crippen LogP contribution in [0.1, 0.15) is 17.5 Å². The summed E-state index contributed by atoms with van der Waals surface area (Å²) < 4.78 is 10.5. The van der Waals surface area contributed by atoms with Crippen LogP contribution in [0.5, 0.6) is 11.5 Å². The van der Waals surface area contributed by atoms with Crippen LogP contribution in [0.4, 0.5) is 0 Å². The molecule has 0 heterocycles. The molecule has 0 radical (unpaired) electrons. The first kappa shape index (κ1) is 21.8. The molecule has 1 atom stereocenters. The molecule has 0 bridgehead atoms. The highest BCUT2D eigenvalue weighted by Crippen LogP contribution is 2.27. The number of amides is 1. The Kier molecular flexibility index (Phi) is 9.55. The van der Waals surface area contributed by atoms with Gasteiger partial charge in [0.15, 0.2) is 11.5 Å². The van der Waals surface area contributed by atoms with Crippen LogP contribution in [0.25, 0.3) is 0 Å². The van der Waals surface area contributed by atoms with Crippen molar-refractivity contribution in [1.29, 1.82) is 0 Å². The molecule has 0 aliphatic carbocycles. The maximum absolute atomic E-state index is 12.1. The van der Waals surface area contributed by atoms with Gasteiger partial charge < -0.3 is 20.5 Å². The minimum atomic E-state index is -0.525. The lowest BCUT2D eigenvalue weighted by Gasteiger charge is -2.13. The predicted molar refractivity (Wildman–Crippen MR) is 106 cm³/mol. The summed E-state index contributed by atoms with van der Waals surface area (Å²) in [6.07, 6.45) is 2.22. The molecule has 0 aromatic heterocycles. The molecule has 0 saturated carbocycles. The Balaban J connectivity index is 0.00000338. The van der Waals surface area contributed by atoms with Gasteiger partial charge in [0, 0.05) is 6.54 Å². The van der Waals surface area contributed by atoms with Crippen LogP contribution in [0, 0.1) is 0 Å². The summed E-state index contributed by atoms with van der Waals surface area (Å²) in [7, 11) is 3.24. The second-order valence-corrected chi connectivity index (χ2v) is 5.88. The third-order valence-electron chi connectivity index (χ3n) is 4.02. The van der Waals surface area contributed by atoms with Gasteiger partial charge in [0.25, 0.3) is 0 Å². The maximum atomic E-state index is 12.1. The van der Waals surface area contributed by atoms with Crippen molar-refractivity contribution < 1.29 is 14.3 Å². The molecule has 142 valence electrons. The number of rotatable bonds is 9. The molecular formula is C20H27ClN2O3. The van der Waals surface area contributed by atoms with Gasteiger partial charge in [-0.05, 0) is 42.5 Å². The van der Waals surface area contributed by atoms with Gasteiger partial charge in [0.1, 0.15) is 0 Å². The van der Waals surface area contributed by atoms with Crippen LogP contribution in [0.2, 0.25) is 0 Å². The van der Waals surface area contributed by atoms with E-state index in [2.05, 4.69) is 5.32 Å². The van der Waals surface area contributed by atoms with Gasteiger partial charge >= 0.3 is 0 Å². The second kappa shape index (κ2) is 11.4. The number of aryl methyl sites for hydroxylation is 1. The number of hydrogen-bond acceptors (Lipinski definition) is 4. The molecule has 3 N–H and O–H groups in total. The van der Waals surface area contributed by atoms with Crippen molar-refractivity contribution in [3.05, 3.63) is 59.7 Å². The summed E-state index contributed by atoms with van der Waals surface area (Å²) in [6.45, 7) is 0.593. The van der Waals surface area contributed by atoms with Crippen LogP contribution in [0.3, 0.4) is 0 Å². The fourth-order valence-electron chi connectivity index (χ4n) is 2.63. The van der Waals surface area contributed by atoms with E-state index in [0.29, 0.717) is 24.5 Å². The number of hydrogen-bond donors (Lipinski definition) is 2. The topological polar surface area (TPSA) is 73.6 Å². The van der Waals surface area contributed by atoms with Gasteiger partial charge in [-0.25, -0.2) is 0 Å². The molecule has 5 nitrogen and oxygen atoms in total. The molecule has 6 heteroatoms. The van der Waals surface area contributed by atoms with Gasteiger partial charge in [-0.3, -0.25) is 4.79 Å². The summed E-state index contributed by atoms with van der Waals surface area (Å²) in [5.41, 5.74) is 8.17. The summed E-state index contributed by atoms with van der Waals surface area (Å²) >= 11 is 0. The van der Waals surface area contributed by atoms with E-state index in [4.69, 9.17) is 15.2 Å². The number of carbonyl (C=O) groups is 1. The van der Waals surface area contributed by atoms with Gasteiger partial charge in [0.05, 0.1) is 20.3 Å². The molecule has 2 rings (SSSR count). The smallest absolute Gasteiger partial charge is 0.237 e. The number of methoxy groups -OCH3 is 2. The highest BCUT2D eigenvalue weighted by atomic mass is 35.5. The Labute approximate surface area is 161 Å². The highest BCUT2D eigenvalue weighted by Gasteiger charge is 2.13. The van der Waals surface area contributed by atoms with Crippen LogP contribution in [-0.2, 0) is 17.6 Å².